The fourth-order valence-corrected chi connectivity index (χ4v) is 4.66. The third-order valence-corrected chi connectivity index (χ3v) is 6.47. The number of unbranched alkanes of at least 4 members (excludes halogenated alkanes) is 1. The van der Waals surface area contributed by atoms with Crippen LogP contribution in [0.15, 0.2) is 35.3 Å². The standard InChI is InChI=1S/C25H42N4O.HI/c1-3-26-25(28(2)20-24-13-18-30-21-24)27-14-7-8-15-29-16-11-23(12-17-29)19-22-9-5-4-6-10-22;/h4-6,9-10,23-24H,3,7-8,11-21H2,1-2H3,(H,26,27);1H. The van der Waals surface area contributed by atoms with Gasteiger partial charge in [-0.1, -0.05) is 30.3 Å². The molecule has 2 heterocycles. The summed E-state index contributed by atoms with van der Waals surface area (Å²) in [7, 11) is 2.15. The van der Waals surface area contributed by atoms with Crippen LogP contribution in [0.3, 0.4) is 0 Å². The Morgan fingerprint density at radius 1 is 1.13 bits per heavy atom. The van der Waals surface area contributed by atoms with E-state index >= 15 is 0 Å². The number of ether oxygens (including phenoxy) is 1. The van der Waals surface area contributed by atoms with Crippen LogP contribution in [0.5, 0.6) is 0 Å². The first-order valence-corrected chi connectivity index (χ1v) is 12.1. The lowest BCUT2D eigenvalue weighted by Crippen LogP contribution is -2.41. The molecule has 1 unspecified atom stereocenters. The molecule has 1 N–H and O–H groups in total. The van der Waals surface area contributed by atoms with Gasteiger partial charge < -0.3 is 19.9 Å². The maximum atomic E-state index is 5.51. The van der Waals surface area contributed by atoms with E-state index in [4.69, 9.17) is 9.73 Å². The van der Waals surface area contributed by atoms with Crippen molar-refractivity contribution in [1.29, 1.82) is 0 Å². The van der Waals surface area contributed by atoms with Crippen molar-refractivity contribution in [2.45, 2.75) is 45.4 Å². The van der Waals surface area contributed by atoms with Crippen LogP contribution in [-0.4, -0.2) is 75.3 Å². The second kappa shape index (κ2) is 15.1. The van der Waals surface area contributed by atoms with E-state index in [2.05, 4.69) is 59.4 Å². The lowest BCUT2D eigenvalue weighted by atomic mass is 9.90. The zero-order chi connectivity index (χ0) is 21.0. The van der Waals surface area contributed by atoms with E-state index in [1.54, 1.807) is 0 Å². The molecule has 0 saturated carbocycles. The topological polar surface area (TPSA) is 40.1 Å². The van der Waals surface area contributed by atoms with Crippen LogP contribution in [0.1, 0.15) is 44.6 Å². The first-order valence-electron chi connectivity index (χ1n) is 12.1. The van der Waals surface area contributed by atoms with E-state index in [9.17, 15) is 0 Å². The van der Waals surface area contributed by atoms with Gasteiger partial charge in [-0.2, -0.15) is 0 Å². The Morgan fingerprint density at radius 2 is 1.90 bits per heavy atom. The molecule has 5 nitrogen and oxygen atoms in total. The average molecular weight is 543 g/mol. The largest absolute Gasteiger partial charge is 0.381 e. The molecule has 2 fully saturated rings. The summed E-state index contributed by atoms with van der Waals surface area (Å²) in [4.78, 5) is 9.80. The van der Waals surface area contributed by atoms with Crippen LogP contribution in [0.4, 0.5) is 0 Å². The monoisotopic (exact) mass is 542 g/mol. The number of benzene rings is 1. The van der Waals surface area contributed by atoms with Gasteiger partial charge >= 0.3 is 0 Å². The summed E-state index contributed by atoms with van der Waals surface area (Å²) in [6.45, 7) is 10.6. The number of halogens is 1. The second-order valence-electron chi connectivity index (χ2n) is 9.03. The molecular formula is C25H43IN4O. The molecular weight excluding hydrogens is 499 g/mol. The Hall–Kier alpha value is -0.860. The van der Waals surface area contributed by atoms with Crippen LogP contribution >= 0.6 is 24.0 Å². The molecule has 0 amide bonds. The molecule has 1 atom stereocenters. The van der Waals surface area contributed by atoms with Crippen LogP contribution in [-0.2, 0) is 11.2 Å². The Bertz CT molecular complexity index is 613. The minimum absolute atomic E-state index is 0. The summed E-state index contributed by atoms with van der Waals surface area (Å²) < 4.78 is 5.51. The molecule has 1 aromatic rings. The number of guanidine groups is 1. The molecule has 2 aliphatic heterocycles. The van der Waals surface area contributed by atoms with Gasteiger partial charge in [-0.05, 0) is 76.6 Å². The molecule has 1 aromatic carbocycles. The Morgan fingerprint density at radius 3 is 2.58 bits per heavy atom. The molecule has 3 rings (SSSR count). The quantitative estimate of drug-likeness (QED) is 0.208. The lowest BCUT2D eigenvalue weighted by molar-refractivity contribution is 0.181. The molecule has 31 heavy (non-hydrogen) atoms. The van der Waals surface area contributed by atoms with Gasteiger partial charge in [0.2, 0.25) is 0 Å². The highest BCUT2D eigenvalue weighted by Crippen LogP contribution is 2.21. The molecule has 2 saturated heterocycles. The van der Waals surface area contributed by atoms with Crippen molar-refractivity contribution in [3.8, 4) is 0 Å². The first kappa shape index (κ1) is 26.4. The summed E-state index contributed by atoms with van der Waals surface area (Å²) in [6, 6.07) is 11.0. The van der Waals surface area contributed by atoms with Crippen molar-refractivity contribution in [1.82, 2.24) is 15.1 Å². The molecule has 0 radical (unpaired) electrons. The van der Waals surface area contributed by atoms with Crippen molar-refractivity contribution < 1.29 is 4.74 Å². The number of piperidine rings is 1. The predicted molar refractivity (Wildman–Crippen MR) is 141 cm³/mol. The number of hydrogen-bond donors (Lipinski definition) is 1. The number of nitrogens with one attached hydrogen (secondary N) is 1. The number of aliphatic imine (C=N–C) groups is 1. The molecule has 2 aliphatic rings. The smallest absolute Gasteiger partial charge is 0.193 e. The first-order chi connectivity index (χ1) is 14.7. The molecule has 0 aromatic heterocycles. The third-order valence-electron chi connectivity index (χ3n) is 6.47. The van der Waals surface area contributed by atoms with E-state index in [0.717, 1.165) is 44.7 Å². The Labute approximate surface area is 207 Å². The van der Waals surface area contributed by atoms with E-state index in [1.165, 1.54) is 63.7 Å². The maximum absolute atomic E-state index is 5.51. The molecule has 176 valence electrons. The minimum atomic E-state index is 0. The second-order valence-corrected chi connectivity index (χ2v) is 9.03. The van der Waals surface area contributed by atoms with Crippen molar-refractivity contribution >= 4 is 29.9 Å². The fraction of sp³-hybridized carbons (Fsp3) is 0.720. The van der Waals surface area contributed by atoms with Crippen molar-refractivity contribution in [3.05, 3.63) is 35.9 Å². The van der Waals surface area contributed by atoms with Crippen LogP contribution in [0, 0.1) is 11.8 Å². The summed E-state index contributed by atoms with van der Waals surface area (Å²) in [5, 5.41) is 3.45. The predicted octanol–water partition coefficient (Wildman–Crippen LogP) is 4.27. The van der Waals surface area contributed by atoms with Gasteiger partial charge in [0.15, 0.2) is 5.96 Å². The fourth-order valence-electron chi connectivity index (χ4n) is 4.66. The van der Waals surface area contributed by atoms with Crippen LogP contribution in [0.2, 0.25) is 0 Å². The third kappa shape index (κ3) is 9.66. The molecule has 0 spiro atoms. The van der Waals surface area contributed by atoms with Gasteiger partial charge in [0.25, 0.3) is 0 Å². The van der Waals surface area contributed by atoms with Crippen LogP contribution < -0.4 is 5.32 Å². The van der Waals surface area contributed by atoms with E-state index in [1.807, 2.05) is 0 Å². The van der Waals surface area contributed by atoms with Crippen LogP contribution in [0.25, 0.3) is 0 Å². The minimum Gasteiger partial charge on any atom is -0.381 e. The molecule has 0 bridgehead atoms. The summed E-state index contributed by atoms with van der Waals surface area (Å²) >= 11 is 0. The number of rotatable bonds is 10. The van der Waals surface area contributed by atoms with Crippen molar-refractivity contribution in [2.24, 2.45) is 16.8 Å². The molecule has 0 aliphatic carbocycles. The highest BCUT2D eigenvalue weighted by molar-refractivity contribution is 14.0. The maximum Gasteiger partial charge on any atom is 0.193 e. The summed E-state index contributed by atoms with van der Waals surface area (Å²) in [5.74, 6) is 2.55. The number of nitrogens with zero attached hydrogens (tertiary/aromatic N) is 3. The Kier molecular flexibility index (Phi) is 12.8. The van der Waals surface area contributed by atoms with E-state index in [0.29, 0.717) is 5.92 Å². The highest BCUT2D eigenvalue weighted by Gasteiger charge is 2.20. The van der Waals surface area contributed by atoms with Gasteiger partial charge in [0, 0.05) is 39.2 Å². The Balaban J connectivity index is 0.00000341. The van der Waals surface area contributed by atoms with Crippen molar-refractivity contribution in [3.63, 3.8) is 0 Å². The zero-order valence-corrected chi connectivity index (χ0v) is 21.9. The number of likely N-dealkylation sites (tertiary alicyclic amines) is 1. The normalized spacial score (nSPS) is 20.5. The number of hydrogen-bond acceptors (Lipinski definition) is 3. The molecule has 6 heteroatoms. The van der Waals surface area contributed by atoms with E-state index in [-0.39, 0.29) is 24.0 Å². The van der Waals surface area contributed by atoms with Gasteiger partial charge in [-0.3, -0.25) is 4.99 Å². The van der Waals surface area contributed by atoms with Gasteiger partial charge in [-0.15, -0.1) is 24.0 Å². The van der Waals surface area contributed by atoms with E-state index < -0.39 is 0 Å². The van der Waals surface area contributed by atoms with Gasteiger partial charge in [0.1, 0.15) is 0 Å². The summed E-state index contributed by atoms with van der Waals surface area (Å²) in [5.41, 5.74) is 1.50. The summed E-state index contributed by atoms with van der Waals surface area (Å²) in [6.07, 6.45) is 7.51. The highest BCUT2D eigenvalue weighted by atomic mass is 127. The average Bonchev–Trinajstić information content (AvgIpc) is 3.27. The SMILES string of the molecule is CCNC(=NCCCCN1CCC(Cc2ccccc2)CC1)N(C)CC1CCOC1.I. The van der Waals surface area contributed by atoms with Crippen molar-refractivity contribution in [2.75, 3.05) is 59.5 Å². The lowest BCUT2D eigenvalue weighted by Gasteiger charge is -2.32. The zero-order valence-electron chi connectivity index (χ0n) is 19.6. The van der Waals surface area contributed by atoms with Gasteiger partial charge in [0.05, 0.1) is 6.61 Å². The van der Waals surface area contributed by atoms with Gasteiger partial charge in [-0.25, -0.2) is 0 Å².